The molecule has 0 N–H and O–H groups in total. The van der Waals surface area contributed by atoms with Crippen LogP contribution in [0, 0.1) is 5.82 Å². The molecule has 19 heavy (non-hydrogen) atoms. The van der Waals surface area contributed by atoms with Crippen LogP contribution in [0.5, 0.6) is 0 Å². The fourth-order valence-corrected chi connectivity index (χ4v) is 2.20. The summed E-state index contributed by atoms with van der Waals surface area (Å²) in [5.41, 5.74) is 3.90. The normalized spacial score (nSPS) is 11.5. The van der Waals surface area contributed by atoms with E-state index in [2.05, 4.69) is 5.10 Å². The van der Waals surface area contributed by atoms with Crippen LogP contribution >= 0.6 is 0 Å². The van der Waals surface area contributed by atoms with Crippen LogP contribution in [0.1, 0.15) is 12.6 Å². The highest BCUT2D eigenvalue weighted by atomic mass is 19.1. The van der Waals surface area contributed by atoms with Gasteiger partial charge >= 0.3 is 0 Å². The van der Waals surface area contributed by atoms with Crippen molar-refractivity contribution in [2.45, 2.75) is 6.92 Å². The number of nitrogens with zero attached hydrogens (tertiary/aromatic N) is 2. The number of pyridine rings is 1. The van der Waals surface area contributed by atoms with Crippen LogP contribution in [0.25, 0.3) is 22.7 Å². The topological polar surface area (TPSA) is 17.3 Å². The molecular formula is C16H13FN2. The Hall–Kier alpha value is -2.42. The Morgan fingerprint density at radius 3 is 2.63 bits per heavy atom. The zero-order chi connectivity index (χ0) is 13.2. The highest BCUT2D eigenvalue weighted by Crippen LogP contribution is 2.29. The number of rotatable bonds is 2. The lowest BCUT2D eigenvalue weighted by molar-refractivity contribution is 0.628. The summed E-state index contributed by atoms with van der Waals surface area (Å²) >= 11 is 0. The Balaban J connectivity index is 2.30. The molecule has 0 aliphatic heterocycles. The summed E-state index contributed by atoms with van der Waals surface area (Å²) in [5.74, 6) is -0.229. The van der Waals surface area contributed by atoms with Gasteiger partial charge in [-0.25, -0.2) is 8.91 Å². The monoisotopic (exact) mass is 252 g/mol. The Kier molecular flexibility index (Phi) is 2.88. The van der Waals surface area contributed by atoms with Crippen LogP contribution in [0.3, 0.4) is 0 Å². The molecule has 0 bridgehead atoms. The lowest BCUT2D eigenvalue weighted by atomic mass is 10.0. The Bertz CT molecular complexity index is 739. The van der Waals surface area contributed by atoms with E-state index >= 15 is 0 Å². The first-order valence-corrected chi connectivity index (χ1v) is 6.15. The minimum absolute atomic E-state index is 0.229. The lowest BCUT2D eigenvalue weighted by Gasteiger charge is -2.01. The smallest absolute Gasteiger partial charge is 0.123 e. The summed E-state index contributed by atoms with van der Waals surface area (Å²) in [4.78, 5) is 0. The molecule has 0 radical (unpaired) electrons. The minimum atomic E-state index is -0.229. The number of aromatic nitrogens is 2. The summed E-state index contributed by atoms with van der Waals surface area (Å²) < 4.78 is 14.9. The van der Waals surface area contributed by atoms with Gasteiger partial charge in [0.25, 0.3) is 0 Å². The molecule has 0 unspecified atom stereocenters. The molecule has 3 rings (SSSR count). The molecule has 0 atom stereocenters. The first kappa shape index (κ1) is 11.7. The van der Waals surface area contributed by atoms with Crippen molar-refractivity contribution in [3.63, 3.8) is 0 Å². The van der Waals surface area contributed by atoms with E-state index in [9.17, 15) is 4.39 Å². The SMILES string of the molecule is C/C=C/c1nn2ccccc2c1-c1ccc(F)cc1. The molecule has 3 heteroatoms. The van der Waals surface area contributed by atoms with Gasteiger partial charge in [0.2, 0.25) is 0 Å². The maximum atomic E-state index is 13.1. The molecule has 94 valence electrons. The van der Waals surface area contributed by atoms with Crippen LogP contribution in [0.15, 0.2) is 54.7 Å². The van der Waals surface area contributed by atoms with Crippen molar-refractivity contribution in [1.82, 2.24) is 9.61 Å². The maximum Gasteiger partial charge on any atom is 0.123 e. The highest BCUT2D eigenvalue weighted by molar-refractivity contribution is 5.86. The van der Waals surface area contributed by atoms with Gasteiger partial charge < -0.3 is 0 Å². The average Bonchev–Trinajstić information content (AvgIpc) is 2.78. The second-order valence-corrected chi connectivity index (χ2v) is 4.30. The van der Waals surface area contributed by atoms with Crippen molar-refractivity contribution in [2.24, 2.45) is 0 Å². The number of hydrogen-bond donors (Lipinski definition) is 0. The number of halogens is 1. The van der Waals surface area contributed by atoms with E-state index in [0.717, 1.165) is 22.3 Å². The molecule has 2 nitrogen and oxygen atoms in total. The largest absolute Gasteiger partial charge is 0.240 e. The van der Waals surface area contributed by atoms with E-state index in [1.54, 1.807) is 12.1 Å². The molecule has 0 saturated heterocycles. The van der Waals surface area contributed by atoms with E-state index in [-0.39, 0.29) is 5.82 Å². The molecule has 0 saturated carbocycles. The molecule has 0 fully saturated rings. The fourth-order valence-electron chi connectivity index (χ4n) is 2.20. The van der Waals surface area contributed by atoms with E-state index < -0.39 is 0 Å². The zero-order valence-corrected chi connectivity index (χ0v) is 10.5. The maximum absolute atomic E-state index is 13.1. The van der Waals surface area contributed by atoms with Gasteiger partial charge in [-0.1, -0.05) is 24.3 Å². The van der Waals surface area contributed by atoms with Crippen LogP contribution in [0.4, 0.5) is 4.39 Å². The highest BCUT2D eigenvalue weighted by Gasteiger charge is 2.12. The van der Waals surface area contributed by atoms with Crippen molar-refractivity contribution in [2.75, 3.05) is 0 Å². The molecule has 2 heterocycles. The van der Waals surface area contributed by atoms with Crippen LogP contribution in [0.2, 0.25) is 0 Å². The van der Waals surface area contributed by atoms with E-state index in [4.69, 9.17) is 0 Å². The summed E-state index contributed by atoms with van der Waals surface area (Å²) in [6, 6.07) is 12.4. The van der Waals surface area contributed by atoms with E-state index in [1.165, 1.54) is 12.1 Å². The summed E-state index contributed by atoms with van der Waals surface area (Å²) in [5, 5.41) is 4.54. The van der Waals surface area contributed by atoms with Gasteiger partial charge in [-0.15, -0.1) is 0 Å². The predicted molar refractivity (Wildman–Crippen MR) is 75.3 cm³/mol. The van der Waals surface area contributed by atoms with Crippen molar-refractivity contribution in [3.05, 3.63) is 66.2 Å². The third kappa shape index (κ3) is 2.03. The number of hydrogen-bond acceptors (Lipinski definition) is 1. The molecule has 0 amide bonds. The van der Waals surface area contributed by atoms with Gasteiger partial charge in [0, 0.05) is 11.8 Å². The summed E-state index contributed by atoms with van der Waals surface area (Å²) in [7, 11) is 0. The van der Waals surface area contributed by atoms with Crippen LogP contribution in [-0.4, -0.2) is 9.61 Å². The quantitative estimate of drug-likeness (QED) is 0.669. The Labute approximate surface area is 110 Å². The van der Waals surface area contributed by atoms with Crippen molar-refractivity contribution in [3.8, 4) is 11.1 Å². The third-order valence-corrected chi connectivity index (χ3v) is 3.02. The second kappa shape index (κ2) is 4.69. The first-order valence-electron chi connectivity index (χ1n) is 6.15. The lowest BCUT2D eigenvalue weighted by Crippen LogP contribution is -1.83. The van der Waals surface area contributed by atoms with E-state index in [1.807, 2.05) is 48.0 Å². The second-order valence-electron chi connectivity index (χ2n) is 4.30. The Morgan fingerprint density at radius 1 is 1.11 bits per heavy atom. The average molecular weight is 252 g/mol. The molecule has 0 spiro atoms. The molecular weight excluding hydrogens is 239 g/mol. The minimum Gasteiger partial charge on any atom is -0.240 e. The van der Waals surface area contributed by atoms with Crippen LogP contribution < -0.4 is 0 Å². The molecule has 0 aliphatic rings. The standard InChI is InChI=1S/C16H13FN2/c1-2-5-14-16(12-7-9-13(17)10-8-12)15-6-3-4-11-19(15)18-14/h2-11H,1H3/b5-2+. The van der Waals surface area contributed by atoms with Gasteiger partial charge in [0.15, 0.2) is 0 Å². The van der Waals surface area contributed by atoms with Crippen molar-refractivity contribution < 1.29 is 4.39 Å². The van der Waals surface area contributed by atoms with Gasteiger partial charge in [0.1, 0.15) is 5.82 Å². The van der Waals surface area contributed by atoms with Crippen molar-refractivity contribution in [1.29, 1.82) is 0 Å². The molecule has 1 aromatic carbocycles. The van der Waals surface area contributed by atoms with Crippen molar-refractivity contribution >= 4 is 11.6 Å². The molecule has 3 aromatic rings. The molecule has 0 aliphatic carbocycles. The summed E-state index contributed by atoms with van der Waals surface area (Å²) in [6.07, 6.45) is 5.83. The van der Waals surface area contributed by atoms with Gasteiger partial charge in [-0.3, -0.25) is 0 Å². The van der Waals surface area contributed by atoms with E-state index in [0.29, 0.717) is 0 Å². The van der Waals surface area contributed by atoms with Gasteiger partial charge in [0.05, 0.1) is 11.2 Å². The zero-order valence-electron chi connectivity index (χ0n) is 10.5. The summed E-state index contributed by atoms with van der Waals surface area (Å²) in [6.45, 7) is 1.96. The molecule has 2 aromatic heterocycles. The number of allylic oxidation sites excluding steroid dienone is 1. The third-order valence-electron chi connectivity index (χ3n) is 3.02. The first-order chi connectivity index (χ1) is 9.29. The number of fused-ring (bicyclic) bond motifs is 1. The van der Waals surface area contributed by atoms with Gasteiger partial charge in [-0.2, -0.15) is 5.10 Å². The van der Waals surface area contributed by atoms with Gasteiger partial charge in [-0.05, 0) is 42.8 Å². The predicted octanol–water partition coefficient (Wildman–Crippen LogP) is 4.17. The Morgan fingerprint density at radius 2 is 1.89 bits per heavy atom. The number of benzene rings is 1. The van der Waals surface area contributed by atoms with Crippen LogP contribution in [-0.2, 0) is 0 Å². The fraction of sp³-hybridized carbons (Fsp3) is 0.0625.